The zero-order chi connectivity index (χ0) is 19.0. The van der Waals surface area contributed by atoms with Crippen molar-refractivity contribution in [2.24, 2.45) is 4.99 Å². The molecule has 0 spiro atoms. The van der Waals surface area contributed by atoms with Gasteiger partial charge < -0.3 is 4.74 Å². The molecule has 27 heavy (non-hydrogen) atoms. The first-order valence-electron chi connectivity index (χ1n) is 8.89. The fourth-order valence-corrected chi connectivity index (χ4v) is 3.29. The number of nitrogens with zero attached hydrogens (tertiary/aromatic N) is 1. The molecule has 0 fully saturated rings. The summed E-state index contributed by atoms with van der Waals surface area (Å²) in [5.41, 5.74) is 4.21. The molecule has 136 valence electrons. The van der Waals surface area contributed by atoms with Crippen LogP contribution in [0.25, 0.3) is 11.1 Å². The van der Waals surface area contributed by atoms with Gasteiger partial charge in [0.05, 0.1) is 0 Å². The third-order valence-electron chi connectivity index (χ3n) is 4.81. The minimum Gasteiger partial charge on any atom is -0.472 e. The van der Waals surface area contributed by atoms with E-state index in [0.29, 0.717) is 0 Å². The average Bonchev–Trinajstić information content (AvgIpc) is 3.04. The van der Waals surface area contributed by atoms with Crippen molar-refractivity contribution in [2.75, 3.05) is 0 Å². The molecule has 1 aliphatic rings. The maximum absolute atomic E-state index is 14.0. The smallest absolute Gasteiger partial charge is 0.223 e. The lowest BCUT2D eigenvalue weighted by molar-refractivity contribution is 0.213. The predicted molar refractivity (Wildman–Crippen MR) is 103 cm³/mol. The number of halogens is 2. The van der Waals surface area contributed by atoms with Crippen LogP contribution >= 0.6 is 0 Å². The Labute approximate surface area is 157 Å². The summed E-state index contributed by atoms with van der Waals surface area (Å²) in [6.07, 6.45) is -0.302. The molecule has 4 heteroatoms. The summed E-state index contributed by atoms with van der Waals surface area (Å²) in [5, 5.41) is 0. The Morgan fingerprint density at radius 3 is 1.96 bits per heavy atom. The maximum Gasteiger partial charge on any atom is 0.223 e. The first-order chi connectivity index (χ1) is 13.0. The van der Waals surface area contributed by atoms with Gasteiger partial charge in [0.15, 0.2) is 0 Å². The van der Waals surface area contributed by atoms with Crippen molar-refractivity contribution in [1.82, 2.24) is 0 Å². The van der Waals surface area contributed by atoms with Crippen LogP contribution < -0.4 is 0 Å². The van der Waals surface area contributed by atoms with Crippen LogP contribution in [-0.2, 0) is 4.74 Å². The standard InChI is InChI=1S/C23H19F2NO/c1-14-6-8-16(9-7-14)17-10-12-18(13-11-17)22-15(2)27-23(26-22)21-19(24)4-3-5-20(21)25/h3-13,15,22H,1-2H3/t15-,22-/m0/s1. The normalized spacial score (nSPS) is 18.9. The van der Waals surface area contributed by atoms with E-state index in [4.69, 9.17) is 4.74 Å². The Kier molecular flexibility index (Phi) is 4.48. The summed E-state index contributed by atoms with van der Waals surface area (Å²) < 4.78 is 33.7. The third kappa shape index (κ3) is 3.35. The molecule has 1 aliphatic heterocycles. The van der Waals surface area contributed by atoms with E-state index < -0.39 is 11.6 Å². The van der Waals surface area contributed by atoms with E-state index >= 15 is 0 Å². The van der Waals surface area contributed by atoms with Gasteiger partial charge in [-0.15, -0.1) is 0 Å². The Hall–Kier alpha value is -3.01. The maximum atomic E-state index is 14.0. The molecule has 0 saturated carbocycles. The molecule has 4 rings (SSSR count). The van der Waals surface area contributed by atoms with E-state index in [0.717, 1.165) is 16.7 Å². The van der Waals surface area contributed by atoms with Crippen molar-refractivity contribution < 1.29 is 13.5 Å². The minimum absolute atomic E-state index is 0.0192. The van der Waals surface area contributed by atoms with Gasteiger partial charge in [0, 0.05) is 0 Å². The lowest BCUT2D eigenvalue weighted by Gasteiger charge is -2.13. The molecule has 3 aromatic rings. The number of aryl methyl sites for hydroxylation is 1. The second-order valence-electron chi connectivity index (χ2n) is 6.79. The molecule has 2 atom stereocenters. The highest BCUT2D eigenvalue weighted by atomic mass is 19.1. The molecule has 0 unspecified atom stereocenters. The molecule has 2 nitrogen and oxygen atoms in total. The third-order valence-corrected chi connectivity index (χ3v) is 4.81. The number of ether oxygens (including phenoxy) is 1. The van der Waals surface area contributed by atoms with Crippen molar-refractivity contribution >= 4 is 5.90 Å². The van der Waals surface area contributed by atoms with Crippen LogP contribution in [0.4, 0.5) is 8.78 Å². The Morgan fingerprint density at radius 2 is 1.37 bits per heavy atom. The highest BCUT2D eigenvalue weighted by Gasteiger charge is 2.31. The Balaban J connectivity index is 1.63. The molecule has 0 radical (unpaired) electrons. The number of hydrogen-bond donors (Lipinski definition) is 0. The molecule has 0 aromatic heterocycles. The summed E-state index contributed by atoms with van der Waals surface area (Å²) >= 11 is 0. The first-order valence-corrected chi connectivity index (χ1v) is 8.89. The van der Waals surface area contributed by atoms with Gasteiger partial charge in [-0.1, -0.05) is 60.2 Å². The predicted octanol–water partition coefficient (Wildman–Crippen LogP) is 5.85. The molecule has 3 aromatic carbocycles. The summed E-state index contributed by atoms with van der Waals surface area (Å²) in [4.78, 5) is 4.46. The highest BCUT2D eigenvalue weighted by molar-refractivity contribution is 5.96. The number of rotatable bonds is 3. The Bertz CT molecular complexity index is 974. The van der Waals surface area contributed by atoms with Gasteiger partial charge in [0.2, 0.25) is 5.90 Å². The number of benzene rings is 3. The van der Waals surface area contributed by atoms with Crippen molar-refractivity contribution in [1.29, 1.82) is 0 Å². The minimum atomic E-state index is -0.670. The molecule has 0 aliphatic carbocycles. The van der Waals surface area contributed by atoms with Crippen molar-refractivity contribution in [2.45, 2.75) is 26.0 Å². The topological polar surface area (TPSA) is 21.6 Å². The number of aliphatic imine (C=N–C) groups is 1. The Morgan fingerprint density at radius 1 is 0.815 bits per heavy atom. The largest absolute Gasteiger partial charge is 0.472 e. The van der Waals surface area contributed by atoms with E-state index in [2.05, 4.69) is 36.2 Å². The SMILES string of the molecule is Cc1ccc(-c2ccc([C@H]3N=C(c4c(F)cccc4F)O[C@H]3C)cc2)cc1. The van der Waals surface area contributed by atoms with Gasteiger partial charge >= 0.3 is 0 Å². The van der Waals surface area contributed by atoms with E-state index in [1.54, 1.807) is 0 Å². The lowest BCUT2D eigenvalue weighted by atomic mass is 9.98. The van der Waals surface area contributed by atoms with Crippen molar-refractivity contribution in [3.8, 4) is 11.1 Å². The summed E-state index contributed by atoms with van der Waals surface area (Å²) in [7, 11) is 0. The van der Waals surface area contributed by atoms with Crippen LogP contribution in [0.1, 0.15) is 29.7 Å². The van der Waals surface area contributed by atoms with Gasteiger partial charge in [0.25, 0.3) is 0 Å². The average molecular weight is 363 g/mol. The van der Waals surface area contributed by atoms with Crippen LogP contribution in [0.15, 0.2) is 71.7 Å². The van der Waals surface area contributed by atoms with Crippen LogP contribution in [-0.4, -0.2) is 12.0 Å². The quantitative estimate of drug-likeness (QED) is 0.572. The molecule has 0 amide bonds. The van der Waals surface area contributed by atoms with Crippen molar-refractivity contribution in [3.63, 3.8) is 0 Å². The highest BCUT2D eigenvalue weighted by Crippen LogP contribution is 2.33. The molecule has 1 heterocycles. The van der Waals surface area contributed by atoms with Gasteiger partial charge in [-0.25, -0.2) is 13.8 Å². The van der Waals surface area contributed by atoms with Gasteiger partial charge in [-0.2, -0.15) is 0 Å². The van der Waals surface area contributed by atoms with Crippen LogP contribution in [0.3, 0.4) is 0 Å². The van der Waals surface area contributed by atoms with Gasteiger partial charge in [-0.05, 0) is 42.7 Å². The van der Waals surface area contributed by atoms with Crippen molar-refractivity contribution in [3.05, 3.63) is 95.1 Å². The molecule has 0 saturated heterocycles. The fraction of sp³-hybridized carbons (Fsp3) is 0.174. The lowest BCUT2D eigenvalue weighted by Crippen LogP contribution is -2.14. The van der Waals surface area contributed by atoms with Crippen LogP contribution in [0.5, 0.6) is 0 Å². The molecular weight excluding hydrogens is 344 g/mol. The second kappa shape index (κ2) is 6.95. The summed E-state index contributed by atoms with van der Waals surface area (Å²) in [6.45, 7) is 3.91. The first kappa shape index (κ1) is 17.4. The van der Waals surface area contributed by atoms with E-state index in [-0.39, 0.29) is 23.6 Å². The summed E-state index contributed by atoms with van der Waals surface area (Å²) in [6, 6.07) is 19.8. The second-order valence-corrected chi connectivity index (χ2v) is 6.79. The zero-order valence-corrected chi connectivity index (χ0v) is 15.1. The van der Waals surface area contributed by atoms with Crippen LogP contribution in [0, 0.1) is 18.6 Å². The monoisotopic (exact) mass is 363 g/mol. The van der Waals surface area contributed by atoms with E-state index in [9.17, 15) is 8.78 Å². The zero-order valence-electron chi connectivity index (χ0n) is 15.1. The molecule has 0 bridgehead atoms. The fourth-order valence-electron chi connectivity index (χ4n) is 3.29. The van der Waals surface area contributed by atoms with E-state index in [1.165, 1.54) is 23.8 Å². The molecule has 0 N–H and O–H groups in total. The van der Waals surface area contributed by atoms with E-state index in [1.807, 2.05) is 31.2 Å². The number of hydrogen-bond acceptors (Lipinski definition) is 2. The van der Waals surface area contributed by atoms with Crippen LogP contribution in [0.2, 0.25) is 0 Å². The molecular formula is C23H19F2NO. The summed E-state index contributed by atoms with van der Waals surface area (Å²) in [5.74, 6) is -1.32. The van der Waals surface area contributed by atoms with Gasteiger partial charge in [-0.3, -0.25) is 0 Å². The van der Waals surface area contributed by atoms with Gasteiger partial charge in [0.1, 0.15) is 29.3 Å².